The van der Waals surface area contributed by atoms with Gasteiger partial charge in [0, 0.05) is 13.1 Å². The summed E-state index contributed by atoms with van der Waals surface area (Å²) in [5.41, 5.74) is 0. The first-order chi connectivity index (χ1) is 6.75. The van der Waals surface area contributed by atoms with E-state index in [1.807, 2.05) is 0 Å². The van der Waals surface area contributed by atoms with Gasteiger partial charge in [-0.2, -0.15) is 0 Å². The maximum Gasteiger partial charge on any atom is 0.371 e. The number of furan rings is 1. The molecule has 14 heavy (non-hydrogen) atoms. The highest BCUT2D eigenvalue weighted by molar-refractivity contribution is 5.84. The highest BCUT2D eigenvalue weighted by Gasteiger charge is 2.12. The molecule has 2 rings (SSSR count). The normalized spacial score (nSPS) is 16.3. The van der Waals surface area contributed by atoms with Crippen LogP contribution < -0.4 is 0 Å². The summed E-state index contributed by atoms with van der Waals surface area (Å²) in [4.78, 5) is 12.7. The van der Waals surface area contributed by atoms with E-state index in [4.69, 9.17) is 9.52 Å². The van der Waals surface area contributed by atoms with Crippen molar-refractivity contribution in [3.8, 4) is 0 Å². The summed E-state index contributed by atoms with van der Waals surface area (Å²) in [6, 6.07) is 3.20. The molecular weight excluding hydrogens is 182 g/mol. The summed E-state index contributed by atoms with van der Waals surface area (Å²) in [6.45, 7) is 2.48. The second kappa shape index (κ2) is 3.67. The number of aromatic carboxylic acids is 1. The average molecular weight is 193 g/mol. The van der Waals surface area contributed by atoms with Crippen LogP contribution in [0.25, 0.3) is 0 Å². The Morgan fingerprint density at radius 3 is 2.71 bits per heavy atom. The van der Waals surface area contributed by atoms with Gasteiger partial charge in [-0.3, -0.25) is 4.90 Å². The van der Waals surface area contributed by atoms with Crippen LogP contribution in [0.3, 0.4) is 0 Å². The fourth-order valence-electron chi connectivity index (χ4n) is 1.45. The number of carbonyl (C=O) groups is 1. The molecule has 1 aromatic heterocycles. The zero-order valence-corrected chi connectivity index (χ0v) is 7.64. The van der Waals surface area contributed by atoms with Gasteiger partial charge in [0.25, 0.3) is 0 Å². The van der Waals surface area contributed by atoms with Crippen LogP contribution in [-0.4, -0.2) is 29.1 Å². The molecule has 0 saturated heterocycles. The Morgan fingerprint density at radius 2 is 2.14 bits per heavy atom. The van der Waals surface area contributed by atoms with Gasteiger partial charge in [-0.25, -0.2) is 4.79 Å². The van der Waals surface area contributed by atoms with Crippen molar-refractivity contribution >= 4 is 5.97 Å². The Kier molecular flexibility index (Phi) is 2.37. The molecule has 0 aliphatic carbocycles. The maximum atomic E-state index is 10.5. The molecule has 0 spiro atoms. The van der Waals surface area contributed by atoms with Gasteiger partial charge in [-0.05, 0) is 12.1 Å². The van der Waals surface area contributed by atoms with Crippen LogP contribution in [0.2, 0.25) is 0 Å². The van der Waals surface area contributed by atoms with E-state index in [2.05, 4.69) is 17.1 Å². The van der Waals surface area contributed by atoms with Crippen molar-refractivity contribution in [2.45, 2.75) is 6.54 Å². The van der Waals surface area contributed by atoms with Crippen LogP contribution in [-0.2, 0) is 6.54 Å². The molecule has 1 aliphatic rings. The zero-order valence-electron chi connectivity index (χ0n) is 7.64. The molecule has 1 N–H and O–H groups in total. The molecule has 0 fully saturated rings. The topological polar surface area (TPSA) is 53.7 Å². The number of nitrogens with zero attached hydrogens (tertiary/aromatic N) is 1. The monoisotopic (exact) mass is 193 g/mol. The summed E-state index contributed by atoms with van der Waals surface area (Å²) >= 11 is 0. The first kappa shape index (κ1) is 9.02. The van der Waals surface area contributed by atoms with Gasteiger partial charge in [0.1, 0.15) is 5.76 Å². The minimum Gasteiger partial charge on any atom is -0.475 e. The van der Waals surface area contributed by atoms with Crippen molar-refractivity contribution in [2.75, 3.05) is 13.1 Å². The molecule has 0 radical (unpaired) electrons. The summed E-state index contributed by atoms with van der Waals surface area (Å²) < 4.78 is 5.14. The lowest BCUT2D eigenvalue weighted by molar-refractivity contribution is 0.0659. The predicted molar refractivity (Wildman–Crippen MR) is 50.1 cm³/mol. The maximum absolute atomic E-state index is 10.5. The summed E-state index contributed by atoms with van der Waals surface area (Å²) in [5.74, 6) is -0.311. The highest BCUT2D eigenvalue weighted by atomic mass is 16.4. The van der Waals surface area contributed by atoms with E-state index < -0.39 is 5.97 Å². The van der Waals surface area contributed by atoms with Gasteiger partial charge in [0.05, 0.1) is 6.54 Å². The number of carboxylic acids is 1. The molecule has 0 unspecified atom stereocenters. The molecule has 74 valence electrons. The molecule has 0 amide bonds. The Hall–Kier alpha value is -1.55. The number of carboxylic acid groups (broad SMARTS) is 1. The van der Waals surface area contributed by atoms with Crippen molar-refractivity contribution in [1.82, 2.24) is 4.90 Å². The summed E-state index contributed by atoms with van der Waals surface area (Å²) in [7, 11) is 0. The van der Waals surface area contributed by atoms with E-state index in [0.29, 0.717) is 12.3 Å². The van der Waals surface area contributed by atoms with E-state index >= 15 is 0 Å². The van der Waals surface area contributed by atoms with Crippen LogP contribution in [0, 0.1) is 0 Å². The lowest BCUT2D eigenvalue weighted by Crippen LogP contribution is -2.18. The van der Waals surface area contributed by atoms with E-state index in [1.54, 1.807) is 6.07 Å². The molecule has 0 bridgehead atoms. The van der Waals surface area contributed by atoms with Crippen LogP contribution in [0.1, 0.15) is 16.3 Å². The number of hydrogen-bond acceptors (Lipinski definition) is 3. The van der Waals surface area contributed by atoms with Gasteiger partial charge in [-0.15, -0.1) is 0 Å². The van der Waals surface area contributed by atoms with Gasteiger partial charge in [0.2, 0.25) is 5.76 Å². The van der Waals surface area contributed by atoms with Gasteiger partial charge < -0.3 is 9.52 Å². The lowest BCUT2D eigenvalue weighted by Gasteiger charge is -2.11. The Bertz CT molecular complexity index is 359. The SMILES string of the molecule is O=C(O)c1ccc(CN2CC=CC2)o1. The largest absolute Gasteiger partial charge is 0.475 e. The first-order valence-corrected chi connectivity index (χ1v) is 4.45. The molecule has 0 aromatic carbocycles. The standard InChI is InChI=1S/C10H11NO3/c12-10(13)9-4-3-8(14-9)7-11-5-1-2-6-11/h1-4H,5-7H2,(H,12,13). The van der Waals surface area contributed by atoms with E-state index in [-0.39, 0.29) is 5.76 Å². The molecule has 4 heteroatoms. The molecule has 4 nitrogen and oxygen atoms in total. The highest BCUT2D eigenvalue weighted by Crippen LogP contribution is 2.12. The Labute approximate surface area is 81.4 Å². The fraction of sp³-hybridized carbons (Fsp3) is 0.300. The number of hydrogen-bond donors (Lipinski definition) is 1. The Morgan fingerprint density at radius 1 is 1.43 bits per heavy atom. The molecular formula is C10H11NO3. The third-order valence-electron chi connectivity index (χ3n) is 2.15. The molecule has 0 atom stereocenters. The van der Waals surface area contributed by atoms with Crippen molar-refractivity contribution in [1.29, 1.82) is 0 Å². The second-order valence-electron chi connectivity index (χ2n) is 3.24. The predicted octanol–water partition coefficient (Wildman–Crippen LogP) is 1.35. The second-order valence-corrected chi connectivity index (χ2v) is 3.24. The van der Waals surface area contributed by atoms with Crippen LogP contribution >= 0.6 is 0 Å². The smallest absolute Gasteiger partial charge is 0.371 e. The summed E-state index contributed by atoms with van der Waals surface area (Å²) in [6.07, 6.45) is 4.17. The lowest BCUT2D eigenvalue weighted by atomic mass is 10.4. The van der Waals surface area contributed by atoms with Crippen LogP contribution in [0.4, 0.5) is 0 Å². The molecule has 2 heterocycles. The molecule has 1 aliphatic heterocycles. The third kappa shape index (κ3) is 1.85. The van der Waals surface area contributed by atoms with E-state index in [0.717, 1.165) is 13.1 Å². The van der Waals surface area contributed by atoms with Crippen molar-refractivity contribution in [2.24, 2.45) is 0 Å². The molecule has 0 saturated carbocycles. The van der Waals surface area contributed by atoms with E-state index in [1.165, 1.54) is 6.07 Å². The van der Waals surface area contributed by atoms with Gasteiger partial charge in [0.15, 0.2) is 0 Å². The van der Waals surface area contributed by atoms with Gasteiger partial charge in [-0.1, -0.05) is 12.2 Å². The van der Waals surface area contributed by atoms with E-state index in [9.17, 15) is 4.79 Å². The Balaban J connectivity index is 1.99. The van der Waals surface area contributed by atoms with Crippen LogP contribution in [0.5, 0.6) is 0 Å². The quantitative estimate of drug-likeness (QED) is 0.736. The van der Waals surface area contributed by atoms with Crippen LogP contribution in [0.15, 0.2) is 28.7 Å². The first-order valence-electron chi connectivity index (χ1n) is 4.45. The molecule has 1 aromatic rings. The zero-order chi connectivity index (χ0) is 9.97. The number of rotatable bonds is 3. The average Bonchev–Trinajstić information content (AvgIpc) is 2.75. The third-order valence-corrected chi connectivity index (χ3v) is 2.15. The summed E-state index contributed by atoms with van der Waals surface area (Å²) in [5, 5.41) is 8.64. The minimum atomic E-state index is -1.02. The van der Waals surface area contributed by atoms with Crippen molar-refractivity contribution < 1.29 is 14.3 Å². The van der Waals surface area contributed by atoms with Crippen molar-refractivity contribution in [3.05, 3.63) is 35.8 Å². The fourth-order valence-corrected chi connectivity index (χ4v) is 1.45. The minimum absolute atomic E-state index is 0.00663. The van der Waals surface area contributed by atoms with Crippen molar-refractivity contribution in [3.63, 3.8) is 0 Å². The van der Waals surface area contributed by atoms with Gasteiger partial charge >= 0.3 is 5.97 Å².